The van der Waals surface area contributed by atoms with Crippen molar-refractivity contribution in [3.8, 4) is 50.2 Å². The Bertz CT molecular complexity index is 3460. The van der Waals surface area contributed by atoms with Crippen LogP contribution >= 0.6 is 0 Å². The molecular formula is C61H44N2. The molecule has 0 aliphatic heterocycles. The van der Waals surface area contributed by atoms with Gasteiger partial charge in [0.25, 0.3) is 0 Å². The maximum absolute atomic E-state index is 2.44. The molecule has 1 aliphatic carbocycles. The lowest BCUT2D eigenvalue weighted by atomic mass is 9.82. The fraction of sp³-hybridized carbons (Fsp3) is 0.0492. The van der Waals surface area contributed by atoms with Gasteiger partial charge in [-0.25, -0.2) is 0 Å². The average molecular weight is 805 g/mol. The lowest BCUT2D eigenvalue weighted by Gasteiger charge is -2.28. The molecular weight excluding hydrogens is 761 g/mol. The van der Waals surface area contributed by atoms with Gasteiger partial charge in [0, 0.05) is 38.9 Å². The van der Waals surface area contributed by atoms with Gasteiger partial charge in [-0.2, -0.15) is 0 Å². The average Bonchev–Trinajstić information content (AvgIpc) is 3.80. The predicted molar refractivity (Wildman–Crippen MR) is 267 cm³/mol. The molecule has 1 aliphatic rings. The van der Waals surface area contributed by atoms with Gasteiger partial charge in [-0.3, -0.25) is 0 Å². The molecule has 0 unspecified atom stereocenters. The number of hydrogen-bond donors (Lipinski definition) is 0. The highest BCUT2D eigenvalue weighted by atomic mass is 15.1. The van der Waals surface area contributed by atoms with E-state index in [1.165, 1.54) is 93.9 Å². The second-order valence-electron chi connectivity index (χ2n) is 17.3. The first-order chi connectivity index (χ1) is 31.0. The van der Waals surface area contributed by atoms with E-state index in [0.717, 1.165) is 17.1 Å². The molecule has 0 radical (unpaired) electrons. The molecule has 2 nitrogen and oxygen atoms in total. The monoisotopic (exact) mass is 804 g/mol. The van der Waals surface area contributed by atoms with E-state index >= 15 is 0 Å². The normalized spacial score (nSPS) is 12.7. The van der Waals surface area contributed by atoms with E-state index in [9.17, 15) is 0 Å². The summed E-state index contributed by atoms with van der Waals surface area (Å²) in [6.45, 7) is 4.78. The molecule has 0 saturated carbocycles. The largest absolute Gasteiger partial charge is 0.310 e. The fourth-order valence-corrected chi connectivity index (χ4v) is 10.3. The lowest BCUT2D eigenvalue weighted by molar-refractivity contribution is 0.660. The quantitative estimate of drug-likeness (QED) is 0.156. The Balaban J connectivity index is 0.967. The van der Waals surface area contributed by atoms with E-state index in [-0.39, 0.29) is 5.41 Å². The standard InChI is InChI=1S/C61H44N2/c1-61(2)57-39-47(35-37-53(57)54-38-36-48(40-58(54)61)63-59-25-12-10-22-55(59)56-23-11-13-26-60(56)63)62(46-33-29-44(30-34-46)52-24-14-18-42-17-6-7-19-50(42)52)45-31-27-43(28-32-45)51-21-9-8-20-49(51)41-15-4-3-5-16-41/h3-40H,1-2H3. The van der Waals surface area contributed by atoms with Crippen LogP contribution in [0, 0.1) is 0 Å². The first-order valence-corrected chi connectivity index (χ1v) is 21.9. The van der Waals surface area contributed by atoms with Crippen LogP contribution in [-0.2, 0) is 5.41 Å². The minimum absolute atomic E-state index is 0.232. The highest BCUT2D eigenvalue weighted by Crippen LogP contribution is 2.52. The van der Waals surface area contributed by atoms with Gasteiger partial charge in [-0.05, 0) is 127 Å². The van der Waals surface area contributed by atoms with Crippen molar-refractivity contribution in [2.24, 2.45) is 0 Å². The number of hydrogen-bond acceptors (Lipinski definition) is 1. The van der Waals surface area contributed by atoms with Gasteiger partial charge in [0.15, 0.2) is 0 Å². The zero-order valence-electron chi connectivity index (χ0n) is 35.3. The van der Waals surface area contributed by atoms with Crippen molar-refractivity contribution < 1.29 is 0 Å². The van der Waals surface area contributed by atoms with E-state index in [4.69, 9.17) is 0 Å². The number of rotatable bonds is 7. The van der Waals surface area contributed by atoms with Crippen LogP contribution in [0.25, 0.3) is 82.8 Å². The second-order valence-corrected chi connectivity index (χ2v) is 17.3. The Kier molecular flexibility index (Phi) is 8.55. The molecule has 0 spiro atoms. The molecule has 0 atom stereocenters. The van der Waals surface area contributed by atoms with E-state index < -0.39 is 0 Å². The van der Waals surface area contributed by atoms with Crippen molar-refractivity contribution in [2.75, 3.05) is 4.90 Å². The number of fused-ring (bicyclic) bond motifs is 7. The van der Waals surface area contributed by atoms with Crippen LogP contribution in [0.3, 0.4) is 0 Å². The van der Waals surface area contributed by atoms with E-state index in [2.05, 4.69) is 254 Å². The number of benzene rings is 10. The molecule has 1 aromatic heterocycles. The minimum atomic E-state index is -0.232. The van der Waals surface area contributed by atoms with Crippen molar-refractivity contribution in [2.45, 2.75) is 19.3 Å². The second kappa shape index (κ2) is 14.6. The third-order valence-electron chi connectivity index (χ3n) is 13.4. The van der Waals surface area contributed by atoms with Gasteiger partial charge < -0.3 is 9.47 Å². The van der Waals surface area contributed by atoms with Crippen LogP contribution in [0.15, 0.2) is 231 Å². The van der Waals surface area contributed by atoms with E-state index in [1.807, 2.05) is 0 Å². The Morgan fingerprint density at radius 2 is 0.794 bits per heavy atom. The number of para-hydroxylation sites is 2. The molecule has 63 heavy (non-hydrogen) atoms. The summed E-state index contributed by atoms with van der Waals surface area (Å²) in [5, 5.41) is 5.07. The van der Waals surface area contributed by atoms with Gasteiger partial charge >= 0.3 is 0 Å². The van der Waals surface area contributed by atoms with Gasteiger partial charge in [0.2, 0.25) is 0 Å². The third-order valence-corrected chi connectivity index (χ3v) is 13.4. The van der Waals surface area contributed by atoms with Crippen molar-refractivity contribution in [3.63, 3.8) is 0 Å². The molecule has 0 N–H and O–H groups in total. The van der Waals surface area contributed by atoms with E-state index in [0.29, 0.717) is 0 Å². The maximum Gasteiger partial charge on any atom is 0.0541 e. The summed E-state index contributed by atoms with van der Waals surface area (Å²) in [7, 11) is 0. The van der Waals surface area contributed by atoms with Crippen LogP contribution in [0.1, 0.15) is 25.0 Å². The van der Waals surface area contributed by atoms with Crippen LogP contribution < -0.4 is 4.90 Å². The molecule has 2 heteroatoms. The van der Waals surface area contributed by atoms with Crippen molar-refractivity contribution in [1.82, 2.24) is 4.57 Å². The van der Waals surface area contributed by atoms with Crippen LogP contribution in [-0.4, -0.2) is 4.57 Å². The first-order valence-electron chi connectivity index (χ1n) is 21.9. The third kappa shape index (κ3) is 6.02. The summed E-state index contributed by atoms with van der Waals surface area (Å²) in [6, 6.07) is 84.5. The highest BCUT2D eigenvalue weighted by molar-refractivity contribution is 6.09. The smallest absolute Gasteiger partial charge is 0.0541 e. The number of anilines is 3. The molecule has 0 saturated heterocycles. The van der Waals surface area contributed by atoms with Crippen LogP contribution in [0.4, 0.5) is 17.1 Å². The van der Waals surface area contributed by atoms with Gasteiger partial charge in [-0.15, -0.1) is 0 Å². The van der Waals surface area contributed by atoms with Crippen LogP contribution in [0.2, 0.25) is 0 Å². The highest BCUT2D eigenvalue weighted by Gasteiger charge is 2.36. The molecule has 1 heterocycles. The Morgan fingerprint density at radius 3 is 1.44 bits per heavy atom. The summed E-state index contributed by atoms with van der Waals surface area (Å²) in [5.41, 5.74) is 19.3. The zero-order valence-corrected chi connectivity index (χ0v) is 35.3. The Labute approximate surface area is 368 Å². The molecule has 0 fully saturated rings. The lowest BCUT2D eigenvalue weighted by Crippen LogP contribution is -2.17. The predicted octanol–water partition coefficient (Wildman–Crippen LogP) is 16.7. The van der Waals surface area contributed by atoms with Crippen molar-refractivity contribution in [1.29, 1.82) is 0 Å². The minimum Gasteiger partial charge on any atom is -0.310 e. The summed E-state index contributed by atoms with van der Waals surface area (Å²) in [5.74, 6) is 0. The molecule has 11 aromatic rings. The van der Waals surface area contributed by atoms with Gasteiger partial charge in [-0.1, -0.05) is 184 Å². The number of nitrogens with zero attached hydrogens (tertiary/aromatic N) is 2. The Morgan fingerprint density at radius 1 is 0.333 bits per heavy atom. The Hall–Kier alpha value is -7.94. The zero-order chi connectivity index (χ0) is 42.1. The fourth-order valence-electron chi connectivity index (χ4n) is 10.3. The van der Waals surface area contributed by atoms with Crippen molar-refractivity contribution >= 4 is 49.6 Å². The first kappa shape index (κ1) is 36.9. The molecule has 0 bridgehead atoms. The van der Waals surface area contributed by atoms with Crippen LogP contribution in [0.5, 0.6) is 0 Å². The molecule has 0 amide bonds. The maximum atomic E-state index is 2.44. The summed E-state index contributed by atoms with van der Waals surface area (Å²) >= 11 is 0. The summed E-state index contributed by atoms with van der Waals surface area (Å²) in [4.78, 5) is 2.42. The topological polar surface area (TPSA) is 8.17 Å². The van der Waals surface area contributed by atoms with E-state index in [1.54, 1.807) is 0 Å². The van der Waals surface area contributed by atoms with Gasteiger partial charge in [0.05, 0.1) is 11.0 Å². The summed E-state index contributed by atoms with van der Waals surface area (Å²) in [6.07, 6.45) is 0. The number of aromatic nitrogens is 1. The summed E-state index contributed by atoms with van der Waals surface area (Å²) < 4.78 is 2.43. The van der Waals surface area contributed by atoms with Crippen molar-refractivity contribution in [3.05, 3.63) is 242 Å². The molecule has 10 aromatic carbocycles. The molecule has 298 valence electrons. The molecule has 12 rings (SSSR count). The SMILES string of the molecule is CC1(C)c2cc(N(c3ccc(-c4ccccc4-c4ccccc4)cc3)c3ccc(-c4cccc5ccccc45)cc3)ccc2-c2ccc(-n3c4ccccc4c4ccccc43)cc21. The van der Waals surface area contributed by atoms with Gasteiger partial charge in [0.1, 0.15) is 0 Å².